The van der Waals surface area contributed by atoms with Gasteiger partial charge in [0.2, 0.25) is 5.91 Å². The summed E-state index contributed by atoms with van der Waals surface area (Å²) in [4.78, 5) is 55.9. The van der Waals surface area contributed by atoms with Crippen LogP contribution in [0, 0.1) is 0 Å². The van der Waals surface area contributed by atoms with Crippen LogP contribution < -0.4 is 20.9 Å². The number of pyridine rings is 1. The molecule has 2 aromatic rings. The Hall–Kier alpha value is -4.15. The summed E-state index contributed by atoms with van der Waals surface area (Å²) < 4.78 is 4.47. The molecule has 1 aromatic heterocycles. The molecule has 0 bridgehead atoms. The topological polar surface area (TPSA) is 133 Å². The number of ether oxygens (including phenoxy) is 1. The number of methoxy groups -OCH3 is 1. The van der Waals surface area contributed by atoms with Gasteiger partial charge in [-0.25, -0.2) is 9.78 Å². The van der Waals surface area contributed by atoms with Crippen molar-refractivity contribution in [3.8, 4) is 0 Å². The monoisotopic (exact) mass is 468 g/mol. The van der Waals surface area contributed by atoms with Crippen LogP contribution in [0.1, 0.15) is 16.8 Å². The summed E-state index contributed by atoms with van der Waals surface area (Å²) >= 11 is 0. The Morgan fingerprint density at radius 2 is 1.71 bits per heavy atom. The first kappa shape index (κ1) is 24.5. The lowest BCUT2D eigenvalue weighted by Gasteiger charge is -2.35. The van der Waals surface area contributed by atoms with Gasteiger partial charge in [0.15, 0.2) is 0 Å². The highest BCUT2D eigenvalue weighted by Gasteiger charge is 2.21. The molecule has 0 unspecified atom stereocenters. The summed E-state index contributed by atoms with van der Waals surface area (Å²) in [6.07, 6.45) is 1.96. The third kappa shape index (κ3) is 7.19. The molecular weight excluding hydrogens is 440 g/mol. The maximum absolute atomic E-state index is 12.5. The Kier molecular flexibility index (Phi) is 8.78. The van der Waals surface area contributed by atoms with Crippen molar-refractivity contribution < 1.29 is 23.9 Å². The Labute approximate surface area is 197 Å². The van der Waals surface area contributed by atoms with E-state index in [4.69, 9.17) is 0 Å². The van der Waals surface area contributed by atoms with Crippen LogP contribution in [0.15, 0.2) is 48.7 Å². The Bertz CT molecular complexity index is 991. The van der Waals surface area contributed by atoms with Gasteiger partial charge in [-0.3, -0.25) is 14.4 Å². The Morgan fingerprint density at radius 3 is 2.35 bits per heavy atom. The van der Waals surface area contributed by atoms with Gasteiger partial charge in [0.05, 0.1) is 7.11 Å². The van der Waals surface area contributed by atoms with Crippen molar-refractivity contribution in [3.63, 3.8) is 0 Å². The summed E-state index contributed by atoms with van der Waals surface area (Å²) in [7, 11) is 1.24. The van der Waals surface area contributed by atoms with Gasteiger partial charge in [-0.05, 0) is 36.4 Å². The molecule has 0 aliphatic carbocycles. The van der Waals surface area contributed by atoms with Gasteiger partial charge < -0.3 is 30.5 Å². The quantitative estimate of drug-likeness (QED) is 0.489. The van der Waals surface area contributed by atoms with E-state index < -0.39 is 17.9 Å². The summed E-state index contributed by atoms with van der Waals surface area (Å²) in [6, 6.07) is 11.5. The number of nitrogens with zero attached hydrogens (tertiary/aromatic N) is 3. The van der Waals surface area contributed by atoms with Gasteiger partial charge in [-0.15, -0.1) is 0 Å². The number of piperazine rings is 1. The zero-order valence-corrected chi connectivity index (χ0v) is 19.0. The van der Waals surface area contributed by atoms with Crippen LogP contribution in [0.5, 0.6) is 0 Å². The number of anilines is 2. The second-order valence-corrected chi connectivity index (χ2v) is 7.52. The molecule has 0 saturated carbocycles. The van der Waals surface area contributed by atoms with Crippen molar-refractivity contribution in [1.29, 1.82) is 0 Å². The van der Waals surface area contributed by atoms with Gasteiger partial charge in [-0.2, -0.15) is 0 Å². The minimum absolute atomic E-state index is 0.0108. The number of urea groups is 1. The van der Waals surface area contributed by atoms with E-state index >= 15 is 0 Å². The van der Waals surface area contributed by atoms with Crippen molar-refractivity contribution in [2.24, 2.45) is 0 Å². The maximum Gasteiger partial charge on any atom is 0.325 e. The highest BCUT2D eigenvalue weighted by atomic mass is 16.5. The third-order valence-electron chi connectivity index (χ3n) is 5.26. The largest absolute Gasteiger partial charge is 0.468 e. The number of amides is 4. The summed E-state index contributed by atoms with van der Waals surface area (Å²) in [5.41, 5.74) is 0.822. The smallest absolute Gasteiger partial charge is 0.325 e. The molecule has 0 spiro atoms. The summed E-state index contributed by atoms with van der Waals surface area (Å²) in [6.45, 7) is 2.64. The zero-order chi connectivity index (χ0) is 24.3. The van der Waals surface area contributed by atoms with Crippen LogP contribution >= 0.6 is 0 Å². The number of aromatic nitrogens is 1. The van der Waals surface area contributed by atoms with Crippen LogP contribution in [0.25, 0.3) is 0 Å². The van der Waals surface area contributed by atoms with E-state index in [1.54, 1.807) is 23.2 Å². The molecular formula is C23H28N6O5. The predicted molar refractivity (Wildman–Crippen MR) is 125 cm³/mol. The molecule has 11 heteroatoms. The average molecular weight is 469 g/mol. The fourth-order valence-electron chi connectivity index (χ4n) is 3.37. The minimum atomic E-state index is -0.548. The first-order valence-corrected chi connectivity index (χ1v) is 10.9. The fourth-order valence-corrected chi connectivity index (χ4v) is 3.37. The van der Waals surface area contributed by atoms with E-state index in [1.807, 2.05) is 18.2 Å². The Morgan fingerprint density at radius 1 is 0.971 bits per heavy atom. The molecule has 180 valence electrons. The molecule has 1 aromatic carbocycles. The molecule has 1 fully saturated rings. The third-order valence-corrected chi connectivity index (χ3v) is 5.26. The van der Waals surface area contributed by atoms with Crippen molar-refractivity contribution in [2.75, 3.05) is 56.6 Å². The van der Waals surface area contributed by atoms with Crippen LogP contribution in [0.4, 0.5) is 16.3 Å². The number of nitrogens with one attached hydrogen (secondary N) is 3. The Balaban J connectivity index is 1.34. The summed E-state index contributed by atoms with van der Waals surface area (Å²) in [5.74, 6) is -0.0830. The normalized spacial score (nSPS) is 13.1. The van der Waals surface area contributed by atoms with Gasteiger partial charge in [-0.1, -0.05) is 6.07 Å². The van der Waals surface area contributed by atoms with Crippen molar-refractivity contribution in [1.82, 2.24) is 20.5 Å². The van der Waals surface area contributed by atoms with E-state index in [9.17, 15) is 19.2 Å². The lowest BCUT2D eigenvalue weighted by molar-refractivity contribution is -0.139. The second kappa shape index (κ2) is 12.2. The van der Waals surface area contributed by atoms with Crippen molar-refractivity contribution in [2.45, 2.75) is 6.42 Å². The molecule has 0 radical (unpaired) electrons. The predicted octanol–water partition coefficient (Wildman–Crippen LogP) is 0.845. The lowest BCUT2D eigenvalue weighted by Crippen LogP contribution is -2.49. The molecule has 3 rings (SSSR count). The van der Waals surface area contributed by atoms with E-state index in [1.165, 1.54) is 19.2 Å². The molecule has 1 saturated heterocycles. The standard InChI is InChI=1S/C23H28N6O5/c1-34-21(31)16-26-22(32)17-5-7-18(8-6-17)27-23(33)25-11-9-20(30)29-14-12-28(13-15-29)19-4-2-3-10-24-19/h2-8,10H,9,11-16H2,1H3,(H,26,32)(H2,25,27,33). The van der Waals surface area contributed by atoms with Crippen LogP contribution in [0.3, 0.4) is 0 Å². The average Bonchev–Trinajstić information content (AvgIpc) is 2.88. The van der Waals surface area contributed by atoms with E-state index in [-0.39, 0.29) is 25.4 Å². The highest BCUT2D eigenvalue weighted by molar-refractivity contribution is 5.97. The number of rotatable bonds is 8. The van der Waals surface area contributed by atoms with Crippen molar-refractivity contribution in [3.05, 3.63) is 54.2 Å². The van der Waals surface area contributed by atoms with Gasteiger partial charge in [0.25, 0.3) is 5.91 Å². The minimum Gasteiger partial charge on any atom is -0.468 e. The second-order valence-electron chi connectivity index (χ2n) is 7.52. The molecule has 4 amide bonds. The SMILES string of the molecule is COC(=O)CNC(=O)c1ccc(NC(=O)NCCC(=O)N2CCN(c3ccccn3)CC2)cc1. The number of benzene rings is 1. The molecule has 1 aliphatic rings. The van der Waals surface area contributed by atoms with Crippen LogP contribution in [0.2, 0.25) is 0 Å². The zero-order valence-electron chi connectivity index (χ0n) is 19.0. The number of carbonyl (C=O) groups excluding carboxylic acids is 4. The first-order valence-electron chi connectivity index (χ1n) is 10.9. The molecule has 3 N–H and O–H groups in total. The first-order chi connectivity index (χ1) is 16.5. The van der Waals surface area contributed by atoms with Gasteiger partial charge >= 0.3 is 12.0 Å². The van der Waals surface area contributed by atoms with Crippen molar-refractivity contribution >= 4 is 35.3 Å². The number of hydrogen-bond acceptors (Lipinski definition) is 7. The maximum atomic E-state index is 12.5. The highest BCUT2D eigenvalue weighted by Crippen LogP contribution is 2.13. The van der Waals surface area contributed by atoms with Gasteiger partial charge in [0, 0.05) is 56.6 Å². The van der Waals surface area contributed by atoms with Gasteiger partial charge in [0.1, 0.15) is 12.4 Å². The molecule has 0 atom stereocenters. The molecule has 2 heterocycles. The van der Waals surface area contributed by atoms with E-state index in [0.717, 1.165) is 5.82 Å². The number of esters is 1. The fraction of sp³-hybridized carbons (Fsp3) is 0.348. The lowest BCUT2D eigenvalue weighted by atomic mass is 10.2. The molecule has 11 nitrogen and oxygen atoms in total. The number of hydrogen-bond donors (Lipinski definition) is 3. The van der Waals surface area contributed by atoms with Crippen LogP contribution in [-0.4, -0.2) is 80.1 Å². The van der Waals surface area contributed by atoms with E-state index in [0.29, 0.717) is 37.4 Å². The van der Waals surface area contributed by atoms with E-state index in [2.05, 4.69) is 30.6 Å². The summed E-state index contributed by atoms with van der Waals surface area (Å²) in [5, 5.41) is 7.75. The van der Waals surface area contributed by atoms with Crippen LogP contribution in [-0.2, 0) is 14.3 Å². The molecule has 34 heavy (non-hydrogen) atoms. The number of carbonyl (C=O) groups is 4. The molecule has 1 aliphatic heterocycles.